The molecule has 1 aromatic heterocycles. The van der Waals surface area contributed by atoms with Gasteiger partial charge in [-0.25, -0.2) is 0 Å². The van der Waals surface area contributed by atoms with E-state index < -0.39 is 6.04 Å². The maximum Gasteiger partial charge on any atom is 0.255 e. The Kier molecular flexibility index (Phi) is 4.13. The summed E-state index contributed by atoms with van der Waals surface area (Å²) in [4.78, 5) is 24.0. The quantitative estimate of drug-likeness (QED) is 0.712. The minimum absolute atomic E-state index is 0.221. The lowest BCUT2D eigenvalue weighted by molar-refractivity contribution is -0.124. The topological polar surface area (TPSA) is 97.4 Å². The van der Waals surface area contributed by atoms with Gasteiger partial charge < -0.3 is 20.8 Å². The van der Waals surface area contributed by atoms with E-state index in [1.54, 1.807) is 13.0 Å². The van der Waals surface area contributed by atoms with Gasteiger partial charge in [0, 0.05) is 6.54 Å². The third kappa shape index (κ3) is 3.19. The lowest BCUT2D eigenvalue weighted by atomic mass is 9.95. The van der Waals surface area contributed by atoms with Crippen molar-refractivity contribution in [2.45, 2.75) is 38.3 Å². The highest BCUT2D eigenvalue weighted by molar-refractivity contribution is 5.97. The molecular formula is C14H21N3O3. The van der Waals surface area contributed by atoms with Crippen LogP contribution in [0.5, 0.6) is 0 Å². The first kappa shape index (κ1) is 14.6. The third-order valence-corrected chi connectivity index (χ3v) is 3.84. The molecular weight excluding hydrogens is 258 g/mol. The fourth-order valence-electron chi connectivity index (χ4n) is 2.17. The van der Waals surface area contributed by atoms with Crippen molar-refractivity contribution in [1.29, 1.82) is 0 Å². The van der Waals surface area contributed by atoms with Crippen LogP contribution >= 0.6 is 0 Å². The highest BCUT2D eigenvalue weighted by atomic mass is 16.3. The van der Waals surface area contributed by atoms with Crippen molar-refractivity contribution < 1.29 is 14.0 Å². The van der Waals surface area contributed by atoms with Crippen molar-refractivity contribution in [2.75, 3.05) is 6.54 Å². The summed E-state index contributed by atoms with van der Waals surface area (Å²) in [7, 11) is 0. The molecule has 1 aliphatic rings. The van der Waals surface area contributed by atoms with Crippen LogP contribution in [0, 0.1) is 5.92 Å². The summed E-state index contributed by atoms with van der Waals surface area (Å²) in [5.41, 5.74) is 5.77. The van der Waals surface area contributed by atoms with Gasteiger partial charge in [0.25, 0.3) is 5.91 Å². The number of furan rings is 1. The molecule has 0 aliphatic heterocycles. The Morgan fingerprint density at radius 3 is 2.75 bits per heavy atom. The zero-order valence-corrected chi connectivity index (χ0v) is 11.8. The standard InChI is InChI=1S/C14H21N3O3/c1-9(16-13(19)10-5-6-20-7-10)12(18)17-14(2,8-15)11-3-4-11/h5-7,9,11H,3-4,8,15H2,1-2H3,(H,16,19)(H,17,18). The van der Waals surface area contributed by atoms with Gasteiger partial charge in [0.15, 0.2) is 0 Å². The number of nitrogens with two attached hydrogens (primary N) is 1. The van der Waals surface area contributed by atoms with Crippen LogP contribution in [-0.2, 0) is 4.79 Å². The smallest absolute Gasteiger partial charge is 0.255 e. The summed E-state index contributed by atoms with van der Waals surface area (Å²) in [5, 5.41) is 5.59. The molecule has 20 heavy (non-hydrogen) atoms. The van der Waals surface area contributed by atoms with Gasteiger partial charge in [0.2, 0.25) is 5.91 Å². The molecule has 0 bridgehead atoms. The average molecular weight is 279 g/mol. The van der Waals surface area contributed by atoms with Crippen molar-refractivity contribution in [2.24, 2.45) is 11.7 Å². The van der Waals surface area contributed by atoms with Gasteiger partial charge in [-0.1, -0.05) is 0 Å². The van der Waals surface area contributed by atoms with Gasteiger partial charge in [0.05, 0.1) is 17.4 Å². The van der Waals surface area contributed by atoms with Gasteiger partial charge in [-0.05, 0) is 38.7 Å². The molecule has 0 spiro atoms. The number of amides is 2. The van der Waals surface area contributed by atoms with Gasteiger partial charge >= 0.3 is 0 Å². The van der Waals surface area contributed by atoms with Crippen LogP contribution < -0.4 is 16.4 Å². The highest BCUT2D eigenvalue weighted by Crippen LogP contribution is 2.38. The molecule has 0 saturated heterocycles. The first-order valence-corrected chi connectivity index (χ1v) is 6.81. The molecule has 2 atom stereocenters. The van der Waals surface area contributed by atoms with E-state index in [0.29, 0.717) is 18.0 Å². The number of nitrogens with one attached hydrogen (secondary N) is 2. The number of hydrogen-bond donors (Lipinski definition) is 3. The molecule has 0 radical (unpaired) electrons. The summed E-state index contributed by atoms with van der Waals surface area (Å²) < 4.78 is 4.84. The molecule has 1 heterocycles. The highest BCUT2D eigenvalue weighted by Gasteiger charge is 2.42. The number of carbonyl (C=O) groups excluding carboxylic acids is 2. The summed E-state index contributed by atoms with van der Waals surface area (Å²) in [6, 6.07) is 0.927. The summed E-state index contributed by atoms with van der Waals surface area (Å²) >= 11 is 0. The minimum Gasteiger partial charge on any atom is -0.472 e. The summed E-state index contributed by atoms with van der Waals surface area (Å²) in [6.07, 6.45) is 4.93. The van der Waals surface area contributed by atoms with Crippen LogP contribution in [0.1, 0.15) is 37.0 Å². The Morgan fingerprint density at radius 1 is 1.55 bits per heavy atom. The van der Waals surface area contributed by atoms with Gasteiger partial charge in [-0.2, -0.15) is 0 Å². The zero-order valence-electron chi connectivity index (χ0n) is 11.8. The van der Waals surface area contributed by atoms with Crippen molar-refractivity contribution in [1.82, 2.24) is 10.6 Å². The predicted molar refractivity (Wildman–Crippen MR) is 74.0 cm³/mol. The minimum atomic E-state index is -0.623. The molecule has 1 aromatic rings. The number of hydrogen-bond acceptors (Lipinski definition) is 4. The molecule has 6 heteroatoms. The largest absolute Gasteiger partial charge is 0.472 e. The number of carbonyl (C=O) groups is 2. The Balaban J connectivity index is 1.90. The van der Waals surface area contributed by atoms with Crippen molar-refractivity contribution in [3.8, 4) is 0 Å². The molecule has 2 unspecified atom stereocenters. The maximum absolute atomic E-state index is 12.2. The average Bonchev–Trinajstić information content (AvgIpc) is 3.14. The van der Waals surface area contributed by atoms with Crippen molar-refractivity contribution in [3.63, 3.8) is 0 Å². The molecule has 1 aliphatic carbocycles. The SMILES string of the molecule is CC(NC(=O)c1ccoc1)C(=O)NC(C)(CN)C1CC1. The third-order valence-electron chi connectivity index (χ3n) is 3.84. The van der Waals surface area contributed by atoms with E-state index >= 15 is 0 Å². The second-order valence-electron chi connectivity index (χ2n) is 5.59. The van der Waals surface area contributed by atoms with E-state index in [-0.39, 0.29) is 17.4 Å². The fourth-order valence-corrected chi connectivity index (χ4v) is 2.17. The Morgan fingerprint density at radius 2 is 2.25 bits per heavy atom. The predicted octanol–water partition coefficient (Wildman–Crippen LogP) is 0.642. The van der Waals surface area contributed by atoms with Gasteiger partial charge in [-0.3, -0.25) is 9.59 Å². The van der Waals surface area contributed by atoms with Crippen LogP contribution in [0.2, 0.25) is 0 Å². The van der Waals surface area contributed by atoms with E-state index in [2.05, 4.69) is 10.6 Å². The lowest BCUT2D eigenvalue weighted by Crippen LogP contribution is -2.57. The van der Waals surface area contributed by atoms with E-state index in [4.69, 9.17) is 10.2 Å². The summed E-state index contributed by atoms with van der Waals surface area (Å²) in [5.74, 6) is -0.114. The second-order valence-corrected chi connectivity index (χ2v) is 5.59. The van der Waals surface area contributed by atoms with E-state index in [1.807, 2.05) is 6.92 Å². The molecule has 110 valence electrons. The van der Waals surface area contributed by atoms with E-state index in [1.165, 1.54) is 12.5 Å². The van der Waals surface area contributed by atoms with E-state index in [9.17, 15) is 9.59 Å². The van der Waals surface area contributed by atoms with Crippen LogP contribution in [0.15, 0.2) is 23.0 Å². The molecule has 1 saturated carbocycles. The van der Waals surface area contributed by atoms with Gasteiger partial charge in [-0.15, -0.1) is 0 Å². The zero-order chi connectivity index (χ0) is 14.8. The normalized spacial score (nSPS) is 18.9. The summed E-state index contributed by atoms with van der Waals surface area (Å²) in [6.45, 7) is 4.00. The van der Waals surface area contributed by atoms with Gasteiger partial charge in [0.1, 0.15) is 12.3 Å². The first-order chi connectivity index (χ1) is 9.46. The molecule has 6 nitrogen and oxygen atoms in total. The maximum atomic E-state index is 12.2. The molecule has 0 aromatic carbocycles. The molecule has 2 amide bonds. The Labute approximate surface area is 118 Å². The van der Waals surface area contributed by atoms with Crippen LogP contribution in [0.25, 0.3) is 0 Å². The van der Waals surface area contributed by atoms with E-state index in [0.717, 1.165) is 12.8 Å². The monoisotopic (exact) mass is 279 g/mol. The van der Waals surface area contributed by atoms with Crippen LogP contribution in [0.4, 0.5) is 0 Å². The Hall–Kier alpha value is -1.82. The van der Waals surface area contributed by atoms with Crippen LogP contribution in [0.3, 0.4) is 0 Å². The van der Waals surface area contributed by atoms with Crippen LogP contribution in [-0.4, -0.2) is 29.9 Å². The van der Waals surface area contributed by atoms with Crippen molar-refractivity contribution in [3.05, 3.63) is 24.2 Å². The lowest BCUT2D eigenvalue weighted by Gasteiger charge is -2.31. The second kappa shape index (κ2) is 5.66. The molecule has 1 fully saturated rings. The number of rotatable bonds is 6. The molecule has 2 rings (SSSR count). The first-order valence-electron chi connectivity index (χ1n) is 6.81. The Bertz CT molecular complexity index is 482. The molecule has 4 N–H and O–H groups in total. The fraction of sp³-hybridized carbons (Fsp3) is 0.571. The van der Waals surface area contributed by atoms with Crippen molar-refractivity contribution >= 4 is 11.8 Å².